The summed E-state index contributed by atoms with van der Waals surface area (Å²) in [4.78, 5) is 36.3. The first-order valence-electron chi connectivity index (χ1n) is 8.95. The Kier molecular flexibility index (Phi) is 6.61. The molecule has 0 radical (unpaired) electrons. The molecular weight excluding hydrogens is 485 g/mol. The summed E-state index contributed by atoms with van der Waals surface area (Å²) in [5, 5.41) is 11.6. The molecule has 4 rings (SSSR count). The molecule has 12 heteroatoms. The zero-order chi connectivity index (χ0) is 22.0. The van der Waals surface area contributed by atoms with Crippen LogP contribution in [0.5, 0.6) is 5.75 Å². The number of ether oxygens (including phenoxy) is 1. The summed E-state index contributed by atoms with van der Waals surface area (Å²) in [6.45, 7) is 0. The van der Waals surface area contributed by atoms with Crippen molar-refractivity contribution in [2.24, 2.45) is 5.92 Å². The number of esters is 1. The maximum absolute atomic E-state index is 12.3. The smallest absolute Gasteiger partial charge is 0.345 e. The van der Waals surface area contributed by atoms with E-state index in [1.807, 2.05) is 0 Å². The van der Waals surface area contributed by atoms with Gasteiger partial charge in [0, 0.05) is 17.0 Å². The molecule has 1 fully saturated rings. The fourth-order valence-corrected chi connectivity index (χ4v) is 4.53. The van der Waals surface area contributed by atoms with Crippen molar-refractivity contribution in [3.05, 3.63) is 62.1 Å². The number of thioether (sulfide) groups is 1. The van der Waals surface area contributed by atoms with Crippen molar-refractivity contribution in [1.29, 1.82) is 0 Å². The fraction of sp³-hybridized carbons (Fsp3) is 0.211. The van der Waals surface area contributed by atoms with Crippen LogP contribution in [0.4, 0.5) is 5.13 Å². The van der Waals surface area contributed by atoms with Crippen molar-refractivity contribution in [2.45, 2.75) is 22.9 Å². The van der Waals surface area contributed by atoms with E-state index < -0.39 is 11.4 Å². The molecule has 1 aromatic carbocycles. The van der Waals surface area contributed by atoms with Crippen LogP contribution in [0.2, 0.25) is 10.0 Å². The van der Waals surface area contributed by atoms with E-state index in [2.05, 4.69) is 15.5 Å². The summed E-state index contributed by atoms with van der Waals surface area (Å²) >= 11 is 14.3. The van der Waals surface area contributed by atoms with Gasteiger partial charge < -0.3 is 14.5 Å². The molecule has 1 amide bonds. The lowest BCUT2D eigenvalue weighted by Gasteiger charge is -2.06. The van der Waals surface area contributed by atoms with Gasteiger partial charge in [-0.25, -0.2) is 4.79 Å². The zero-order valence-corrected chi connectivity index (χ0v) is 18.7. The Bertz CT molecular complexity index is 1210. The number of anilines is 1. The van der Waals surface area contributed by atoms with Crippen LogP contribution in [-0.4, -0.2) is 22.1 Å². The first-order valence-corrected chi connectivity index (χ1v) is 11.5. The molecule has 1 N–H and O–H groups in total. The molecule has 0 saturated heterocycles. The van der Waals surface area contributed by atoms with Gasteiger partial charge in [-0.15, -0.1) is 10.2 Å². The number of carbonyl (C=O) groups is 2. The summed E-state index contributed by atoms with van der Waals surface area (Å²) < 4.78 is 11.1. The first-order chi connectivity index (χ1) is 14.9. The summed E-state index contributed by atoms with van der Waals surface area (Å²) in [5.41, 5.74) is -0.444. The zero-order valence-electron chi connectivity index (χ0n) is 15.6. The predicted molar refractivity (Wildman–Crippen MR) is 117 cm³/mol. The Morgan fingerprint density at radius 1 is 1.26 bits per heavy atom. The van der Waals surface area contributed by atoms with E-state index in [1.54, 1.807) is 0 Å². The molecule has 0 unspecified atom stereocenters. The fourth-order valence-electron chi connectivity index (χ4n) is 2.40. The maximum atomic E-state index is 12.3. The van der Waals surface area contributed by atoms with E-state index in [0.29, 0.717) is 26.0 Å². The van der Waals surface area contributed by atoms with E-state index in [0.717, 1.165) is 19.1 Å². The Morgan fingerprint density at radius 3 is 2.77 bits per heavy atom. The van der Waals surface area contributed by atoms with Gasteiger partial charge in [0.1, 0.15) is 12.0 Å². The van der Waals surface area contributed by atoms with Crippen molar-refractivity contribution in [1.82, 2.24) is 10.2 Å². The molecule has 1 saturated carbocycles. The highest BCUT2D eigenvalue weighted by molar-refractivity contribution is 8.00. The standard InChI is InChI=1S/C19H13Cl2N3O5S2/c20-10-3-4-12(13(21)5-10)17(27)29-15-7-28-11(6-14(15)25)8-30-19-24-23-18(31-19)22-16(26)9-1-2-9/h3-7,9H,1-2,8H2,(H,22,23,26). The van der Waals surface area contributed by atoms with Gasteiger partial charge in [-0.3, -0.25) is 9.59 Å². The number of halogens is 2. The molecule has 0 aliphatic heterocycles. The number of amides is 1. The lowest BCUT2D eigenvalue weighted by Crippen LogP contribution is -2.15. The Balaban J connectivity index is 1.35. The molecule has 8 nitrogen and oxygen atoms in total. The molecule has 31 heavy (non-hydrogen) atoms. The van der Waals surface area contributed by atoms with Gasteiger partial charge in [0.15, 0.2) is 4.34 Å². The largest absolute Gasteiger partial charge is 0.464 e. The second-order valence-electron chi connectivity index (χ2n) is 6.51. The number of benzene rings is 1. The van der Waals surface area contributed by atoms with Crippen LogP contribution in [0.15, 0.2) is 44.1 Å². The highest BCUT2D eigenvalue weighted by Gasteiger charge is 2.30. The van der Waals surface area contributed by atoms with Crippen LogP contribution < -0.4 is 15.5 Å². The average molecular weight is 498 g/mol. The average Bonchev–Trinajstić information content (AvgIpc) is 3.49. The lowest BCUT2D eigenvalue weighted by molar-refractivity contribution is -0.117. The van der Waals surface area contributed by atoms with Crippen molar-refractivity contribution in [3.8, 4) is 5.75 Å². The van der Waals surface area contributed by atoms with E-state index >= 15 is 0 Å². The van der Waals surface area contributed by atoms with Gasteiger partial charge >= 0.3 is 5.97 Å². The highest BCUT2D eigenvalue weighted by Crippen LogP contribution is 2.32. The van der Waals surface area contributed by atoms with Gasteiger partial charge in [0.05, 0.1) is 16.3 Å². The normalized spacial score (nSPS) is 13.1. The molecule has 1 aliphatic rings. The number of aromatic nitrogens is 2. The van der Waals surface area contributed by atoms with Crippen molar-refractivity contribution in [3.63, 3.8) is 0 Å². The van der Waals surface area contributed by atoms with E-state index in [1.165, 1.54) is 47.4 Å². The molecule has 160 valence electrons. The van der Waals surface area contributed by atoms with Gasteiger partial charge in [0.2, 0.25) is 22.2 Å². The molecule has 3 aromatic rings. The maximum Gasteiger partial charge on any atom is 0.345 e. The summed E-state index contributed by atoms with van der Waals surface area (Å²) in [6, 6.07) is 5.53. The number of nitrogens with one attached hydrogen (secondary N) is 1. The van der Waals surface area contributed by atoms with E-state index in [9.17, 15) is 14.4 Å². The minimum absolute atomic E-state index is 0.0382. The van der Waals surface area contributed by atoms with Crippen molar-refractivity contribution >= 4 is 63.3 Å². The monoisotopic (exact) mass is 497 g/mol. The van der Waals surface area contributed by atoms with E-state index in [4.69, 9.17) is 32.4 Å². The van der Waals surface area contributed by atoms with Crippen LogP contribution in [0, 0.1) is 5.92 Å². The summed E-state index contributed by atoms with van der Waals surface area (Å²) in [5.74, 6) is -0.353. The second kappa shape index (κ2) is 9.39. The van der Waals surface area contributed by atoms with Crippen LogP contribution in [0.25, 0.3) is 0 Å². The molecule has 0 atom stereocenters. The van der Waals surface area contributed by atoms with E-state index in [-0.39, 0.29) is 28.2 Å². The predicted octanol–water partition coefficient (Wildman–Crippen LogP) is 4.66. The Labute approximate surface area is 193 Å². The number of carbonyl (C=O) groups excluding carboxylic acids is 2. The third kappa shape index (κ3) is 5.65. The van der Waals surface area contributed by atoms with Crippen molar-refractivity contribution < 1.29 is 18.7 Å². The van der Waals surface area contributed by atoms with Crippen LogP contribution in [-0.2, 0) is 10.5 Å². The SMILES string of the molecule is O=C(Oc1coc(CSc2nnc(NC(=O)C3CC3)s2)cc1=O)c1ccc(Cl)cc1Cl. The minimum Gasteiger partial charge on any atom is -0.464 e. The third-order valence-corrected chi connectivity index (χ3v) is 6.67. The van der Waals surface area contributed by atoms with Crippen LogP contribution in [0.1, 0.15) is 29.0 Å². The minimum atomic E-state index is -0.800. The topological polar surface area (TPSA) is 111 Å². The highest BCUT2D eigenvalue weighted by atomic mass is 35.5. The van der Waals surface area contributed by atoms with Crippen molar-refractivity contribution in [2.75, 3.05) is 5.32 Å². The quantitative estimate of drug-likeness (QED) is 0.285. The molecular formula is C19H13Cl2N3O5S2. The molecule has 2 aromatic heterocycles. The summed E-state index contributed by atoms with van der Waals surface area (Å²) in [7, 11) is 0. The number of nitrogens with zero attached hydrogens (tertiary/aromatic N) is 2. The van der Waals surface area contributed by atoms with Crippen LogP contribution >= 0.6 is 46.3 Å². The van der Waals surface area contributed by atoms with Gasteiger partial charge in [-0.2, -0.15) is 0 Å². The molecule has 0 spiro atoms. The number of rotatable bonds is 7. The molecule has 1 aliphatic carbocycles. The third-order valence-electron chi connectivity index (χ3n) is 4.13. The first kappa shape index (κ1) is 21.8. The Hall–Kier alpha value is -2.40. The van der Waals surface area contributed by atoms with Gasteiger partial charge in [0.25, 0.3) is 0 Å². The summed E-state index contributed by atoms with van der Waals surface area (Å²) in [6.07, 6.45) is 2.88. The van der Waals surface area contributed by atoms with Gasteiger partial charge in [-0.05, 0) is 31.0 Å². The molecule has 2 heterocycles. The number of hydrogen-bond donors (Lipinski definition) is 1. The molecule has 0 bridgehead atoms. The lowest BCUT2D eigenvalue weighted by atomic mass is 10.2. The van der Waals surface area contributed by atoms with Gasteiger partial charge in [-0.1, -0.05) is 46.3 Å². The Morgan fingerprint density at radius 2 is 2.06 bits per heavy atom. The number of hydrogen-bond acceptors (Lipinski definition) is 9. The second-order valence-corrected chi connectivity index (χ2v) is 9.56. The van der Waals surface area contributed by atoms with Crippen LogP contribution in [0.3, 0.4) is 0 Å².